The maximum absolute atomic E-state index is 13.7. The number of benzene rings is 1. The zero-order chi connectivity index (χ0) is 18.7. The number of carboxylic acids is 1. The van der Waals surface area contributed by atoms with Crippen LogP contribution in [0.4, 0.5) is 4.39 Å². The molecule has 1 aliphatic heterocycles. The van der Waals surface area contributed by atoms with Crippen molar-refractivity contribution >= 4 is 24.3 Å². The number of hydrogen-bond donors (Lipinski definition) is 2. The molecule has 0 bridgehead atoms. The first-order valence-electron chi connectivity index (χ1n) is 8.07. The summed E-state index contributed by atoms with van der Waals surface area (Å²) in [6, 6.07) is 2.77. The van der Waals surface area contributed by atoms with Gasteiger partial charge in [-0.05, 0) is 29.7 Å². The Morgan fingerprint density at radius 2 is 2.16 bits per heavy atom. The second-order valence-electron chi connectivity index (χ2n) is 6.54. The van der Waals surface area contributed by atoms with Crippen LogP contribution in [0.5, 0.6) is 0 Å². The quantitative estimate of drug-likeness (QED) is 0.774. The van der Waals surface area contributed by atoms with Crippen LogP contribution in [-0.2, 0) is 4.79 Å². The largest absolute Gasteiger partial charge is 0.481 e. The van der Waals surface area contributed by atoms with Crippen LogP contribution in [0, 0.1) is 23.1 Å². The highest BCUT2D eigenvalue weighted by Gasteiger charge is 2.46. The molecule has 0 spiro atoms. The van der Waals surface area contributed by atoms with Gasteiger partial charge in [0.1, 0.15) is 11.7 Å². The fraction of sp³-hybridized carbons (Fsp3) is 0.444. The van der Waals surface area contributed by atoms with E-state index in [2.05, 4.69) is 4.99 Å². The third-order valence-electron chi connectivity index (χ3n) is 4.28. The van der Waals surface area contributed by atoms with Gasteiger partial charge in [0, 0.05) is 31.6 Å². The Bertz CT molecular complexity index is 718. The van der Waals surface area contributed by atoms with Crippen LogP contribution in [0.3, 0.4) is 0 Å². The van der Waals surface area contributed by atoms with Crippen molar-refractivity contribution in [2.24, 2.45) is 16.8 Å². The van der Waals surface area contributed by atoms with Crippen LogP contribution in [-0.4, -0.2) is 53.9 Å². The Labute approximate surface area is 145 Å². The van der Waals surface area contributed by atoms with Gasteiger partial charge < -0.3 is 20.4 Å². The molecule has 0 saturated heterocycles. The zero-order valence-corrected chi connectivity index (χ0v) is 14.4. The predicted octanol–water partition coefficient (Wildman–Crippen LogP) is 2.44. The van der Waals surface area contributed by atoms with Gasteiger partial charge >= 0.3 is 5.97 Å². The molecular weight excluding hydrogens is 325 g/mol. The number of aliphatic imine (C=N–C) groups is 1. The highest BCUT2D eigenvalue weighted by atomic mass is 19.1. The van der Waals surface area contributed by atoms with Gasteiger partial charge in [0.2, 0.25) is 0 Å². The summed E-state index contributed by atoms with van der Waals surface area (Å²) in [6.45, 7) is 4.19. The predicted molar refractivity (Wildman–Crippen MR) is 93.1 cm³/mol. The van der Waals surface area contributed by atoms with Crippen molar-refractivity contribution in [1.82, 2.24) is 4.90 Å². The number of halogens is 1. The molecule has 3 atom stereocenters. The first-order chi connectivity index (χ1) is 11.8. The molecule has 0 fully saturated rings. The molecule has 0 aromatic heterocycles. The topological polar surface area (TPSA) is 93.8 Å². The molecule has 1 aromatic carbocycles. The van der Waals surface area contributed by atoms with E-state index < -0.39 is 29.7 Å². The van der Waals surface area contributed by atoms with Gasteiger partial charge in [0.05, 0.1) is 12.0 Å². The lowest BCUT2D eigenvalue weighted by atomic mass is 9.77. The standard InChI is InChI=1S/C18H22FN3O3/c1-10(2)9-22-16(11(7-20)8-21-3)15(18(24)25)14-6-12(19)4-5-13(14)17(22)23/h4-8,10-11,15-16,20H,9H2,1-3H3,(H,24,25). The summed E-state index contributed by atoms with van der Waals surface area (Å²) in [5.74, 6) is -3.80. The van der Waals surface area contributed by atoms with Crippen LogP contribution in [0.1, 0.15) is 35.7 Å². The van der Waals surface area contributed by atoms with E-state index in [9.17, 15) is 19.1 Å². The van der Waals surface area contributed by atoms with E-state index in [1.165, 1.54) is 24.2 Å². The fourth-order valence-electron chi connectivity index (χ4n) is 3.35. The van der Waals surface area contributed by atoms with Crippen molar-refractivity contribution in [3.63, 3.8) is 0 Å². The lowest BCUT2D eigenvalue weighted by Crippen LogP contribution is -2.55. The summed E-state index contributed by atoms with van der Waals surface area (Å²) >= 11 is 0. The number of carbonyl (C=O) groups is 2. The van der Waals surface area contributed by atoms with Crippen LogP contribution in [0.15, 0.2) is 23.2 Å². The molecule has 3 unspecified atom stereocenters. The fourth-order valence-corrected chi connectivity index (χ4v) is 3.35. The summed E-state index contributed by atoms with van der Waals surface area (Å²) in [4.78, 5) is 30.4. The lowest BCUT2D eigenvalue weighted by molar-refractivity contribution is -0.140. The molecule has 2 rings (SSSR count). The van der Waals surface area contributed by atoms with Crippen LogP contribution < -0.4 is 0 Å². The Balaban J connectivity index is 2.70. The van der Waals surface area contributed by atoms with E-state index in [1.54, 1.807) is 0 Å². The number of carbonyl (C=O) groups excluding carboxylic acids is 1. The SMILES string of the molecule is CN=CC(C=N)C1C(C(=O)O)c2cc(F)ccc2C(=O)N1CC(C)C. The number of aliphatic carboxylic acids is 1. The van der Waals surface area contributed by atoms with Crippen LogP contribution in [0.2, 0.25) is 0 Å². The number of amides is 1. The Morgan fingerprint density at radius 3 is 2.68 bits per heavy atom. The normalized spacial score (nSPS) is 21.5. The average molecular weight is 347 g/mol. The van der Waals surface area contributed by atoms with E-state index in [-0.39, 0.29) is 23.0 Å². The average Bonchev–Trinajstić information content (AvgIpc) is 2.54. The Hall–Kier alpha value is -2.57. The van der Waals surface area contributed by atoms with Crippen molar-refractivity contribution in [3.8, 4) is 0 Å². The number of fused-ring (bicyclic) bond motifs is 1. The van der Waals surface area contributed by atoms with Gasteiger partial charge in [-0.3, -0.25) is 9.59 Å². The number of rotatable bonds is 6. The summed E-state index contributed by atoms with van der Waals surface area (Å²) in [5.41, 5.74) is 0.349. The highest BCUT2D eigenvalue weighted by molar-refractivity contribution is 6.01. The Morgan fingerprint density at radius 1 is 1.48 bits per heavy atom. The first-order valence-corrected chi connectivity index (χ1v) is 8.07. The lowest BCUT2D eigenvalue weighted by Gasteiger charge is -2.43. The number of carboxylic acid groups (broad SMARTS) is 1. The number of nitrogens with one attached hydrogen (secondary N) is 1. The monoisotopic (exact) mass is 347 g/mol. The molecule has 25 heavy (non-hydrogen) atoms. The van der Waals surface area contributed by atoms with E-state index in [4.69, 9.17) is 5.41 Å². The molecule has 0 aliphatic carbocycles. The van der Waals surface area contributed by atoms with E-state index >= 15 is 0 Å². The van der Waals surface area contributed by atoms with E-state index in [0.29, 0.717) is 6.54 Å². The summed E-state index contributed by atoms with van der Waals surface area (Å²) in [6.07, 6.45) is 2.54. The second-order valence-corrected chi connectivity index (χ2v) is 6.54. The van der Waals surface area contributed by atoms with Gasteiger partial charge in [-0.15, -0.1) is 0 Å². The van der Waals surface area contributed by atoms with E-state index in [0.717, 1.165) is 18.3 Å². The molecule has 1 heterocycles. The van der Waals surface area contributed by atoms with Crippen molar-refractivity contribution in [2.75, 3.05) is 13.6 Å². The molecule has 1 amide bonds. The molecule has 7 heteroatoms. The van der Waals surface area contributed by atoms with Crippen molar-refractivity contribution < 1.29 is 19.1 Å². The molecule has 134 valence electrons. The molecule has 0 saturated carbocycles. The Kier molecular flexibility index (Phi) is 5.66. The smallest absolute Gasteiger partial charge is 0.313 e. The minimum atomic E-state index is -1.16. The summed E-state index contributed by atoms with van der Waals surface area (Å²) in [5, 5.41) is 17.5. The molecule has 1 aliphatic rings. The van der Waals surface area contributed by atoms with E-state index in [1.807, 2.05) is 13.8 Å². The van der Waals surface area contributed by atoms with Crippen LogP contribution >= 0.6 is 0 Å². The first kappa shape index (κ1) is 18.8. The molecule has 6 nitrogen and oxygen atoms in total. The third kappa shape index (κ3) is 3.60. The van der Waals surface area contributed by atoms with Crippen molar-refractivity contribution in [3.05, 3.63) is 35.1 Å². The number of nitrogens with zero attached hydrogens (tertiary/aromatic N) is 2. The maximum Gasteiger partial charge on any atom is 0.313 e. The molecule has 2 N–H and O–H groups in total. The maximum atomic E-state index is 13.7. The third-order valence-corrected chi connectivity index (χ3v) is 4.28. The zero-order valence-electron chi connectivity index (χ0n) is 14.4. The van der Waals surface area contributed by atoms with Gasteiger partial charge in [-0.2, -0.15) is 0 Å². The van der Waals surface area contributed by atoms with Crippen molar-refractivity contribution in [1.29, 1.82) is 5.41 Å². The molecule has 1 aromatic rings. The molecule has 0 radical (unpaired) electrons. The van der Waals surface area contributed by atoms with Crippen molar-refractivity contribution in [2.45, 2.75) is 25.8 Å². The van der Waals surface area contributed by atoms with Gasteiger partial charge in [-0.1, -0.05) is 13.8 Å². The number of hydrogen-bond acceptors (Lipinski definition) is 4. The minimum absolute atomic E-state index is 0.104. The highest BCUT2D eigenvalue weighted by Crippen LogP contribution is 2.37. The van der Waals surface area contributed by atoms with Gasteiger partial charge in [0.15, 0.2) is 0 Å². The molecular formula is C18H22FN3O3. The summed E-state index contributed by atoms with van der Waals surface area (Å²) < 4.78 is 13.7. The summed E-state index contributed by atoms with van der Waals surface area (Å²) in [7, 11) is 1.53. The van der Waals surface area contributed by atoms with Gasteiger partial charge in [0.25, 0.3) is 5.91 Å². The van der Waals surface area contributed by atoms with Gasteiger partial charge in [-0.25, -0.2) is 4.39 Å². The minimum Gasteiger partial charge on any atom is -0.481 e. The second kappa shape index (κ2) is 7.55. The van der Waals surface area contributed by atoms with Crippen LogP contribution in [0.25, 0.3) is 0 Å².